The van der Waals surface area contributed by atoms with Gasteiger partial charge in [0.05, 0.1) is 0 Å². The average Bonchev–Trinajstić information content (AvgIpc) is 2.55. The molecule has 0 aromatic rings. The SMILES string of the molecule is CCN1CCCC12CCCNC2=O. The first-order valence-corrected chi connectivity index (χ1v) is 5.33. The topological polar surface area (TPSA) is 32.3 Å². The Morgan fingerprint density at radius 3 is 2.92 bits per heavy atom. The van der Waals surface area contributed by atoms with E-state index in [9.17, 15) is 4.79 Å². The lowest BCUT2D eigenvalue weighted by Crippen LogP contribution is -2.58. The van der Waals surface area contributed by atoms with Crippen molar-refractivity contribution < 1.29 is 4.79 Å². The smallest absolute Gasteiger partial charge is 0.240 e. The lowest BCUT2D eigenvalue weighted by molar-refractivity contribution is -0.134. The van der Waals surface area contributed by atoms with Crippen molar-refractivity contribution in [2.24, 2.45) is 0 Å². The lowest BCUT2D eigenvalue weighted by Gasteiger charge is -2.39. The Morgan fingerprint density at radius 1 is 1.46 bits per heavy atom. The van der Waals surface area contributed by atoms with Crippen LogP contribution in [0.15, 0.2) is 0 Å². The standard InChI is InChI=1S/C10H18N2O/c1-2-12-8-4-6-10(12)5-3-7-11-9(10)13/h2-8H2,1H3,(H,11,13). The number of amides is 1. The van der Waals surface area contributed by atoms with Crippen LogP contribution in [0.2, 0.25) is 0 Å². The van der Waals surface area contributed by atoms with Gasteiger partial charge in [0.1, 0.15) is 5.54 Å². The fraction of sp³-hybridized carbons (Fsp3) is 0.900. The molecule has 3 nitrogen and oxygen atoms in total. The molecule has 74 valence electrons. The molecule has 2 aliphatic heterocycles. The maximum Gasteiger partial charge on any atom is 0.240 e. The first-order valence-electron chi connectivity index (χ1n) is 5.33. The van der Waals surface area contributed by atoms with Crippen molar-refractivity contribution in [3.8, 4) is 0 Å². The van der Waals surface area contributed by atoms with Gasteiger partial charge in [-0.15, -0.1) is 0 Å². The Hall–Kier alpha value is -0.570. The Bertz CT molecular complexity index is 217. The van der Waals surface area contributed by atoms with Gasteiger partial charge >= 0.3 is 0 Å². The monoisotopic (exact) mass is 182 g/mol. The Kier molecular flexibility index (Phi) is 2.28. The van der Waals surface area contributed by atoms with Crippen molar-refractivity contribution in [2.45, 2.75) is 38.1 Å². The molecule has 1 N–H and O–H groups in total. The zero-order valence-electron chi connectivity index (χ0n) is 8.31. The normalized spacial score (nSPS) is 35.3. The van der Waals surface area contributed by atoms with Crippen molar-refractivity contribution in [1.82, 2.24) is 10.2 Å². The minimum absolute atomic E-state index is 0.118. The van der Waals surface area contributed by atoms with E-state index in [1.165, 1.54) is 6.42 Å². The highest BCUT2D eigenvalue weighted by molar-refractivity contribution is 5.87. The van der Waals surface area contributed by atoms with Crippen LogP contribution in [-0.4, -0.2) is 36.0 Å². The van der Waals surface area contributed by atoms with Crippen molar-refractivity contribution in [3.63, 3.8) is 0 Å². The minimum atomic E-state index is -0.118. The number of piperidine rings is 1. The second kappa shape index (κ2) is 3.29. The number of carbonyl (C=O) groups is 1. The molecular formula is C10H18N2O. The van der Waals surface area contributed by atoms with Crippen molar-refractivity contribution in [2.75, 3.05) is 19.6 Å². The van der Waals surface area contributed by atoms with E-state index in [4.69, 9.17) is 0 Å². The quantitative estimate of drug-likeness (QED) is 0.649. The van der Waals surface area contributed by atoms with Crippen molar-refractivity contribution >= 4 is 5.91 Å². The zero-order chi connectivity index (χ0) is 9.31. The van der Waals surface area contributed by atoms with Crippen LogP contribution < -0.4 is 5.32 Å². The third-order valence-corrected chi connectivity index (χ3v) is 3.48. The molecule has 3 heteroatoms. The van der Waals surface area contributed by atoms with E-state index in [2.05, 4.69) is 17.1 Å². The number of hydrogen-bond acceptors (Lipinski definition) is 2. The summed E-state index contributed by atoms with van der Waals surface area (Å²) in [4.78, 5) is 14.2. The van der Waals surface area contributed by atoms with Crippen molar-refractivity contribution in [1.29, 1.82) is 0 Å². The zero-order valence-corrected chi connectivity index (χ0v) is 8.31. The molecule has 0 saturated carbocycles. The summed E-state index contributed by atoms with van der Waals surface area (Å²) in [5.74, 6) is 0.276. The molecule has 0 radical (unpaired) electrons. The molecule has 1 unspecified atom stereocenters. The second-order valence-corrected chi connectivity index (χ2v) is 4.07. The molecule has 0 bridgehead atoms. The molecule has 1 spiro atoms. The van der Waals surface area contributed by atoms with E-state index in [0.29, 0.717) is 0 Å². The van der Waals surface area contributed by atoms with E-state index in [1.54, 1.807) is 0 Å². The highest BCUT2D eigenvalue weighted by atomic mass is 16.2. The summed E-state index contributed by atoms with van der Waals surface area (Å²) < 4.78 is 0. The number of carbonyl (C=O) groups excluding carboxylic acids is 1. The minimum Gasteiger partial charge on any atom is -0.354 e. The molecule has 1 atom stereocenters. The van der Waals surface area contributed by atoms with Crippen LogP contribution in [0.1, 0.15) is 32.6 Å². The molecule has 0 aromatic heterocycles. The predicted octanol–water partition coefficient (Wildman–Crippen LogP) is 0.751. The number of likely N-dealkylation sites (tertiary alicyclic amines) is 1. The van der Waals surface area contributed by atoms with Crippen LogP contribution >= 0.6 is 0 Å². The summed E-state index contributed by atoms with van der Waals surface area (Å²) in [6.07, 6.45) is 4.45. The highest BCUT2D eigenvalue weighted by Gasteiger charge is 2.47. The van der Waals surface area contributed by atoms with E-state index >= 15 is 0 Å². The summed E-state index contributed by atoms with van der Waals surface area (Å²) in [7, 11) is 0. The number of nitrogens with zero attached hydrogens (tertiary/aromatic N) is 1. The van der Waals surface area contributed by atoms with Gasteiger partial charge in [-0.3, -0.25) is 9.69 Å². The Labute approximate surface area is 79.5 Å². The molecule has 0 aromatic carbocycles. The fourth-order valence-corrected chi connectivity index (χ4v) is 2.80. The first-order chi connectivity index (χ1) is 6.29. The van der Waals surface area contributed by atoms with Gasteiger partial charge in [-0.05, 0) is 38.8 Å². The van der Waals surface area contributed by atoms with E-state index in [0.717, 1.165) is 38.9 Å². The number of likely N-dealkylation sites (N-methyl/N-ethyl adjacent to an activating group) is 1. The first kappa shape index (κ1) is 9.00. The summed E-state index contributed by atoms with van der Waals surface area (Å²) in [5, 5.41) is 3.00. The highest BCUT2D eigenvalue weighted by Crippen LogP contribution is 2.35. The number of rotatable bonds is 1. The largest absolute Gasteiger partial charge is 0.354 e. The fourth-order valence-electron chi connectivity index (χ4n) is 2.80. The van der Waals surface area contributed by atoms with Crippen LogP contribution in [0, 0.1) is 0 Å². The summed E-state index contributed by atoms with van der Waals surface area (Å²) in [6, 6.07) is 0. The van der Waals surface area contributed by atoms with Gasteiger partial charge in [-0.2, -0.15) is 0 Å². The van der Waals surface area contributed by atoms with Gasteiger partial charge in [-0.25, -0.2) is 0 Å². The van der Waals surface area contributed by atoms with Crippen molar-refractivity contribution in [3.05, 3.63) is 0 Å². The predicted molar refractivity (Wildman–Crippen MR) is 51.5 cm³/mol. The number of nitrogens with one attached hydrogen (secondary N) is 1. The molecule has 13 heavy (non-hydrogen) atoms. The molecule has 2 rings (SSSR count). The average molecular weight is 182 g/mol. The van der Waals surface area contributed by atoms with E-state index in [-0.39, 0.29) is 11.4 Å². The summed E-state index contributed by atoms with van der Waals surface area (Å²) >= 11 is 0. The van der Waals surface area contributed by atoms with Crippen LogP contribution in [0.25, 0.3) is 0 Å². The van der Waals surface area contributed by atoms with Crippen LogP contribution in [0.3, 0.4) is 0 Å². The molecule has 0 aliphatic carbocycles. The van der Waals surface area contributed by atoms with Crippen LogP contribution in [0.4, 0.5) is 0 Å². The molecule has 2 aliphatic rings. The lowest BCUT2D eigenvalue weighted by atomic mass is 9.86. The van der Waals surface area contributed by atoms with E-state index in [1.807, 2.05) is 0 Å². The molecule has 2 saturated heterocycles. The maximum atomic E-state index is 11.8. The summed E-state index contributed by atoms with van der Waals surface area (Å²) in [6.45, 7) is 5.13. The summed E-state index contributed by atoms with van der Waals surface area (Å²) in [5.41, 5.74) is -0.118. The Balaban J connectivity index is 2.20. The molecular weight excluding hydrogens is 164 g/mol. The van der Waals surface area contributed by atoms with Crippen LogP contribution in [0.5, 0.6) is 0 Å². The number of hydrogen-bond donors (Lipinski definition) is 1. The third kappa shape index (κ3) is 1.26. The molecule has 2 heterocycles. The third-order valence-electron chi connectivity index (χ3n) is 3.48. The van der Waals surface area contributed by atoms with E-state index < -0.39 is 0 Å². The maximum absolute atomic E-state index is 11.8. The van der Waals surface area contributed by atoms with Gasteiger partial charge in [0, 0.05) is 6.54 Å². The van der Waals surface area contributed by atoms with Crippen LogP contribution in [-0.2, 0) is 4.79 Å². The van der Waals surface area contributed by atoms with Gasteiger partial charge in [-0.1, -0.05) is 6.92 Å². The van der Waals surface area contributed by atoms with Gasteiger partial charge in [0.15, 0.2) is 0 Å². The van der Waals surface area contributed by atoms with Gasteiger partial charge in [0.25, 0.3) is 0 Å². The molecule has 1 amide bonds. The molecule has 2 fully saturated rings. The van der Waals surface area contributed by atoms with Gasteiger partial charge < -0.3 is 5.32 Å². The second-order valence-electron chi connectivity index (χ2n) is 4.07. The van der Waals surface area contributed by atoms with Gasteiger partial charge in [0.2, 0.25) is 5.91 Å². The Morgan fingerprint density at radius 2 is 2.23 bits per heavy atom.